The summed E-state index contributed by atoms with van der Waals surface area (Å²) in [6.07, 6.45) is 6.52. The van der Waals surface area contributed by atoms with Gasteiger partial charge in [-0.15, -0.1) is 0 Å². The second-order valence-electron chi connectivity index (χ2n) is 5.61. The summed E-state index contributed by atoms with van der Waals surface area (Å²) in [5.74, 6) is 0.786. The fourth-order valence-electron chi connectivity index (χ4n) is 2.91. The zero-order valence-corrected chi connectivity index (χ0v) is 13.6. The molecule has 1 N–H and O–H groups in total. The Morgan fingerprint density at radius 3 is 2.35 bits per heavy atom. The highest BCUT2D eigenvalue weighted by molar-refractivity contribution is 5.19. The zero-order valence-electron chi connectivity index (χ0n) is 13.6. The summed E-state index contributed by atoms with van der Waals surface area (Å²) in [5.41, 5.74) is 1.26. The van der Waals surface area contributed by atoms with Crippen molar-refractivity contribution in [2.45, 2.75) is 58.1 Å². The smallest absolute Gasteiger partial charge is 0.0973 e. The molecule has 3 unspecified atom stereocenters. The van der Waals surface area contributed by atoms with Crippen LogP contribution in [0.5, 0.6) is 0 Å². The third kappa shape index (κ3) is 5.26. The average molecular weight is 277 g/mol. The van der Waals surface area contributed by atoms with Crippen molar-refractivity contribution < 1.29 is 4.74 Å². The topological polar surface area (TPSA) is 21.3 Å². The van der Waals surface area contributed by atoms with Crippen LogP contribution >= 0.6 is 0 Å². The van der Waals surface area contributed by atoms with Crippen molar-refractivity contribution in [3.63, 3.8) is 0 Å². The third-order valence-electron chi connectivity index (χ3n) is 4.25. The molecule has 0 aliphatic rings. The molecule has 0 aliphatic carbocycles. The van der Waals surface area contributed by atoms with Gasteiger partial charge >= 0.3 is 0 Å². The molecule has 3 atom stereocenters. The van der Waals surface area contributed by atoms with E-state index in [0.29, 0.717) is 6.04 Å². The van der Waals surface area contributed by atoms with Crippen molar-refractivity contribution in [1.29, 1.82) is 0 Å². The molecule has 0 heterocycles. The minimum absolute atomic E-state index is 0.136. The normalized spacial score (nSPS) is 15.8. The summed E-state index contributed by atoms with van der Waals surface area (Å²) in [5, 5.41) is 3.47. The minimum atomic E-state index is 0.136. The average Bonchev–Trinajstić information content (AvgIpc) is 2.51. The fourth-order valence-corrected chi connectivity index (χ4v) is 2.91. The van der Waals surface area contributed by atoms with Gasteiger partial charge in [0, 0.05) is 13.2 Å². The van der Waals surface area contributed by atoms with Gasteiger partial charge in [0.2, 0.25) is 0 Å². The maximum atomic E-state index is 5.78. The van der Waals surface area contributed by atoms with Crippen LogP contribution in [0.4, 0.5) is 0 Å². The molecule has 0 aliphatic heterocycles. The van der Waals surface area contributed by atoms with Gasteiger partial charge in [-0.05, 0) is 24.9 Å². The Hall–Kier alpha value is -0.860. The Bertz CT molecular complexity index is 339. The number of benzene rings is 1. The Kier molecular flexibility index (Phi) is 8.56. The Morgan fingerprint density at radius 1 is 1.15 bits per heavy atom. The molecule has 0 amide bonds. The van der Waals surface area contributed by atoms with Gasteiger partial charge in [0.1, 0.15) is 0 Å². The van der Waals surface area contributed by atoms with Crippen LogP contribution in [0.2, 0.25) is 0 Å². The van der Waals surface area contributed by atoms with Gasteiger partial charge in [-0.1, -0.05) is 69.9 Å². The van der Waals surface area contributed by atoms with Crippen LogP contribution in [0.1, 0.15) is 57.6 Å². The lowest BCUT2D eigenvalue weighted by molar-refractivity contribution is 0.0606. The van der Waals surface area contributed by atoms with E-state index in [2.05, 4.69) is 49.5 Å². The number of unbranched alkanes of at least 4 members (excludes halogenated alkanes) is 1. The van der Waals surface area contributed by atoms with Gasteiger partial charge < -0.3 is 10.1 Å². The number of rotatable bonds is 10. The van der Waals surface area contributed by atoms with E-state index in [1.165, 1.54) is 37.7 Å². The van der Waals surface area contributed by atoms with Gasteiger partial charge in [-0.3, -0.25) is 0 Å². The second-order valence-corrected chi connectivity index (χ2v) is 5.61. The number of hydrogen-bond donors (Lipinski definition) is 1. The van der Waals surface area contributed by atoms with E-state index in [1.807, 2.05) is 14.2 Å². The van der Waals surface area contributed by atoms with Gasteiger partial charge in [-0.25, -0.2) is 0 Å². The molecule has 0 fully saturated rings. The molecular formula is C18H31NO. The fraction of sp³-hybridized carbons (Fsp3) is 0.667. The maximum Gasteiger partial charge on any atom is 0.0973 e. The van der Waals surface area contributed by atoms with Crippen molar-refractivity contribution in [3.8, 4) is 0 Å². The van der Waals surface area contributed by atoms with E-state index >= 15 is 0 Å². The standard InChI is InChI=1S/C18H31NO/c1-5-7-11-15(6-2)14-17(19-3)18(20-4)16-12-9-8-10-13-16/h8-10,12-13,15,17-19H,5-7,11,14H2,1-4H3. The Morgan fingerprint density at radius 2 is 1.85 bits per heavy atom. The van der Waals surface area contributed by atoms with Crippen LogP contribution in [-0.4, -0.2) is 20.2 Å². The largest absolute Gasteiger partial charge is 0.375 e. The van der Waals surface area contributed by atoms with E-state index in [4.69, 9.17) is 4.74 Å². The van der Waals surface area contributed by atoms with Crippen molar-refractivity contribution >= 4 is 0 Å². The summed E-state index contributed by atoms with van der Waals surface area (Å²) in [4.78, 5) is 0. The molecule has 0 saturated heterocycles. The van der Waals surface area contributed by atoms with Gasteiger partial charge in [0.05, 0.1) is 6.10 Å². The lowest BCUT2D eigenvalue weighted by atomic mass is 9.88. The van der Waals surface area contributed by atoms with E-state index in [-0.39, 0.29) is 6.10 Å². The first-order valence-electron chi connectivity index (χ1n) is 8.01. The van der Waals surface area contributed by atoms with Crippen molar-refractivity contribution in [3.05, 3.63) is 35.9 Å². The number of ether oxygens (including phenoxy) is 1. The number of nitrogens with one attached hydrogen (secondary N) is 1. The van der Waals surface area contributed by atoms with E-state index < -0.39 is 0 Å². The number of likely N-dealkylation sites (N-methyl/N-ethyl adjacent to an activating group) is 1. The first kappa shape index (κ1) is 17.2. The predicted octanol–water partition coefficient (Wildman–Crippen LogP) is 4.57. The van der Waals surface area contributed by atoms with Crippen LogP contribution in [0, 0.1) is 5.92 Å². The molecule has 0 bridgehead atoms. The summed E-state index contributed by atoms with van der Waals surface area (Å²) in [6.45, 7) is 4.57. The molecule has 20 heavy (non-hydrogen) atoms. The second kappa shape index (κ2) is 9.95. The molecule has 1 rings (SSSR count). The van der Waals surface area contributed by atoms with Crippen molar-refractivity contribution in [1.82, 2.24) is 5.32 Å². The lowest BCUT2D eigenvalue weighted by Gasteiger charge is -2.29. The lowest BCUT2D eigenvalue weighted by Crippen LogP contribution is -2.35. The monoisotopic (exact) mass is 277 g/mol. The molecule has 114 valence electrons. The SMILES string of the molecule is CCCCC(CC)CC(NC)C(OC)c1ccccc1. The zero-order chi connectivity index (χ0) is 14.8. The molecule has 0 radical (unpaired) electrons. The molecular weight excluding hydrogens is 246 g/mol. The van der Waals surface area contributed by atoms with E-state index in [1.54, 1.807) is 0 Å². The van der Waals surface area contributed by atoms with E-state index in [0.717, 1.165) is 5.92 Å². The summed E-state index contributed by atoms with van der Waals surface area (Å²) < 4.78 is 5.78. The summed E-state index contributed by atoms with van der Waals surface area (Å²) in [7, 11) is 3.86. The Balaban J connectivity index is 2.71. The molecule has 1 aromatic carbocycles. The van der Waals surface area contributed by atoms with Crippen LogP contribution in [0.3, 0.4) is 0 Å². The molecule has 0 saturated carbocycles. The van der Waals surface area contributed by atoms with Gasteiger partial charge in [0.15, 0.2) is 0 Å². The molecule has 0 aromatic heterocycles. The summed E-state index contributed by atoms with van der Waals surface area (Å²) in [6, 6.07) is 10.9. The third-order valence-corrected chi connectivity index (χ3v) is 4.25. The van der Waals surface area contributed by atoms with Crippen LogP contribution in [0.15, 0.2) is 30.3 Å². The van der Waals surface area contributed by atoms with Crippen LogP contribution < -0.4 is 5.32 Å². The first-order valence-corrected chi connectivity index (χ1v) is 8.01. The molecule has 0 spiro atoms. The number of hydrogen-bond acceptors (Lipinski definition) is 2. The highest BCUT2D eigenvalue weighted by Gasteiger charge is 2.24. The maximum absolute atomic E-state index is 5.78. The minimum Gasteiger partial charge on any atom is -0.375 e. The van der Waals surface area contributed by atoms with Gasteiger partial charge in [-0.2, -0.15) is 0 Å². The van der Waals surface area contributed by atoms with Gasteiger partial charge in [0.25, 0.3) is 0 Å². The van der Waals surface area contributed by atoms with Crippen molar-refractivity contribution in [2.75, 3.05) is 14.2 Å². The first-order chi connectivity index (χ1) is 9.76. The molecule has 1 aromatic rings. The van der Waals surface area contributed by atoms with Crippen LogP contribution in [-0.2, 0) is 4.74 Å². The predicted molar refractivity (Wildman–Crippen MR) is 87.0 cm³/mol. The highest BCUT2D eigenvalue weighted by Crippen LogP contribution is 2.27. The van der Waals surface area contributed by atoms with E-state index in [9.17, 15) is 0 Å². The summed E-state index contributed by atoms with van der Waals surface area (Å²) >= 11 is 0. The molecule has 2 nitrogen and oxygen atoms in total. The Labute approximate surface area is 124 Å². The molecule has 2 heteroatoms. The highest BCUT2D eigenvalue weighted by atomic mass is 16.5. The quantitative estimate of drug-likeness (QED) is 0.676. The van der Waals surface area contributed by atoms with Crippen molar-refractivity contribution in [2.24, 2.45) is 5.92 Å². The number of methoxy groups -OCH3 is 1. The van der Waals surface area contributed by atoms with Crippen LogP contribution in [0.25, 0.3) is 0 Å².